The van der Waals surface area contributed by atoms with Gasteiger partial charge in [0.25, 0.3) is 0 Å². The minimum Gasteiger partial charge on any atom is -0.479 e. The maximum Gasteiger partial charge on any atom is 0.332 e. The molecule has 0 spiro atoms. The molecule has 2 unspecified atom stereocenters. The van der Waals surface area contributed by atoms with Crippen molar-refractivity contribution in [2.75, 3.05) is 0 Å². The Bertz CT molecular complexity index is 174. The van der Waals surface area contributed by atoms with Crippen molar-refractivity contribution in [3.05, 3.63) is 0 Å². The summed E-state index contributed by atoms with van der Waals surface area (Å²) in [4.78, 5) is 10.2. The van der Waals surface area contributed by atoms with Crippen LogP contribution in [0.15, 0.2) is 0 Å². The van der Waals surface area contributed by atoms with Gasteiger partial charge in [-0.25, -0.2) is 4.79 Å². The number of carbonyl (C=O) groups is 1. The lowest BCUT2D eigenvalue weighted by Gasteiger charge is -2.05. The number of carboxylic acid groups (broad SMARTS) is 1. The summed E-state index contributed by atoms with van der Waals surface area (Å²) in [5.41, 5.74) is 0.260. The fraction of sp³-hybridized carbons (Fsp3) is 0.875. The summed E-state index contributed by atoms with van der Waals surface area (Å²) in [6.45, 7) is 4.18. The molecular formula is C8H14O3. The predicted octanol–water partition coefficient (Wildman–Crippen LogP) is 0.868. The van der Waals surface area contributed by atoms with Gasteiger partial charge in [0.05, 0.1) is 0 Å². The summed E-state index contributed by atoms with van der Waals surface area (Å²) in [7, 11) is 0. The van der Waals surface area contributed by atoms with Crippen LogP contribution in [0.1, 0.15) is 26.7 Å². The van der Waals surface area contributed by atoms with E-state index in [1.165, 1.54) is 0 Å². The molecule has 0 radical (unpaired) electrons. The predicted molar refractivity (Wildman–Crippen MR) is 40.1 cm³/mol. The van der Waals surface area contributed by atoms with Gasteiger partial charge >= 0.3 is 5.97 Å². The Balaban J connectivity index is 2.29. The van der Waals surface area contributed by atoms with Crippen molar-refractivity contribution in [2.45, 2.75) is 32.8 Å². The van der Waals surface area contributed by atoms with Crippen molar-refractivity contribution in [1.29, 1.82) is 0 Å². The minimum atomic E-state index is -1.17. The highest BCUT2D eigenvalue weighted by Gasteiger charge is 2.46. The van der Waals surface area contributed by atoms with Crippen LogP contribution < -0.4 is 0 Å². The number of rotatable bonds is 3. The van der Waals surface area contributed by atoms with Crippen LogP contribution in [-0.2, 0) is 4.79 Å². The Morgan fingerprint density at radius 1 is 1.73 bits per heavy atom. The fourth-order valence-corrected chi connectivity index (χ4v) is 1.35. The number of aliphatic hydroxyl groups is 1. The van der Waals surface area contributed by atoms with Crippen molar-refractivity contribution in [1.82, 2.24) is 0 Å². The lowest BCUT2D eigenvalue weighted by atomic mass is 10.1. The topological polar surface area (TPSA) is 57.5 Å². The molecule has 1 fully saturated rings. The average Bonchev–Trinajstić information content (AvgIpc) is 2.39. The molecule has 1 rings (SSSR count). The summed E-state index contributed by atoms with van der Waals surface area (Å²) in [6, 6.07) is 0. The molecule has 0 aromatic carbocycles. The van der Waals surface area contributed by atoms with Crippen molar-refractivity contribution >= 4 is 5.97 Å². The molecule has 0 aromatic rings. The molecule has 2 N–H and O–H groups in total. The highest BCUT2D eigenvalue weighted by Crippen LogP contribution is 2.53. The monoisotopic (exact) mass is 158 g/mol. The van der Waals surface area contributed by atoms with E-state index in [9.17, 15) is 4.79 Å². The molecular weight excluding hydrogens is 144 g/mol. The third-order valence-corrected chi connectivity index (χ3v) is 2.51. The summed E-state index contributed by atoms with van der Waals surface area (Å²) >= 11 is 0. The van der Waals surface area contributed by atoms with Gasteiger partial charge in [-0.3, -0.25) is 0 Å². The van der Waals surface area contributed by atoms with Crippen molar-refractivity contribution in [3.63, 3.8) is 0 Å². The molecule has 11 heavy (non-hydrogen) atoms. The van der Waals surface area contributed by atoms with E-state index in [4.69, 9.17) is 10.2 Å². The molecule has 1 aliphatic rings. The van der Waals surface area contributed by atoms with E-state index >= 15 is 0 Å². The molecule has 2 atom stereocenters. The molecule has 3 nitrogen and oxygen atoms in total. The normalized spacial score (nSPS) is 29.5. The van der Waals surface area contributed by atoms with Gasteiger partial charge in [-0.15, -0.1) is 0 Å². The van der Waals surface area contributed by atoms with Crippen LogP contribution >= 0.6 is 0 Å². The average molecular weight is 158 g/mol. The highest BCUT2D eigenvalue weighted by atomic mass is 16.4. The lowest BCUT2D eigenvalue weighted by molar-refractivity contribution is -0.147. The number of hydrogen-bond acceptors (Lipinski definition) is 2. The molecule has 0 aromatic heterocycles. The second kappa shape index (κ2) is 2.48. The highest BCUT2D eigenvalue weighted by molar-refractivity contribution is 5.71. The molecule has 3 heteroatoms. The zero-order valence-electron chi connectivity index (χ0n) is 6.87. The Morgan fingerprint density at radius 3 is 2.45 bits per heavy atom. The van der Waals surface area contributed by atoms with Crippen LogP contribution in [0, 0.1) is 11.3 Å². The molecule has 64 valence electrons. The molecule has 0 bridgehead atoms. The standard InChI is InChI=1S/C8H14O3/c1-8(2)4-5(8)3-6(9)7(10)11/h5-6,9H,3-4H2,1-2H3,(H,10,11). The third-order valence-electron chi connectivity index (χ3n) is 2.51. The first-order valence-electron chi connectivity index (χ1n) is 3.84. The van der Waals surface area contributed by atoms with Gasteiger partial charge < -0.3 is 10.2 Å². The number of carboxylic acids is 1. The Labute approximate surface area is 66.0 Å². The van der Waals surface area contributed by atoms with Gasteiger partial charge in [0, 0.05) is 0 Å². The number of hydrogen-bond donors (Lipinski definition) is 2. The number of aliphatic carboxylic acids is 1. The number of aliphatic hydroxyl groups excluding tert-OH is 1. The Morgan fingerprint density at radius 2 is 2.18 bits per heavy atom. The van der Waals surface area contributed by atoms with Crippen molar-refractivity contribution in [3.8, 4) is 0 Å². The van der Waals surface area contributed by atoms with Gasteiger partial charge in [0.2, 0.25) is 0 Å². The van der Waals surface area contributed by atoms with Crippen molar-refractivity contribution in [2.24, 2.45) is 11.3 Å². The van der Waals surface area contributed by atoms with Crippen LogP contribution in [0.5, 0.6) is 0 Å². The largest absolute Gasteiger partial charge is 0.479 e. The quantitative estimate of drug-likeness (QED) is 0.640. The Kier molecular flexibility index (Phi) is 1.92. The minimum absolute atomic E-state index is 0.260. The first-order chi connectivity index (χ1) is 4.93. The zero-order valence-corrected chi connectivity index (χ0v) is 6.87. The molecule has 0 amide bonds. The van der Waals surface area contributed by atoms with Crippen LogP contribution in [0.3, 0.4) is 0 Å². The zero-order chi connectivity index (χ0) is 8.65. The SMILES string of the molecule is CC1(C)CC1CC(O)C(=O)O. The smallest absolute Gasteiger partial charge is 0.332 e. The molecule has 0 saturated heterocycles. The van der Waals surface area contributed by atoms with Crippen LogP contribution in [0.2, 0.25) is 0 Å². The first-order valence-corrected chi connectivity index (χ1v) is 3.84. The van der Waals surface area contributed by atoms with E-state index in [1.54, 1.807) is 0 Å². The second-order valence-electron chi connectivity index (χ2n) is 3.98. The second-order valence-corrected chi connectivity index (χ2v) is 3.98. The van der Waals surface area contributed by atoms with E-state index in [-0.39, 0.29) is 5.41 Å². The molecule has 0 heterocycles. The first kappa shape index (κ1) is 8.53. The van der Waals surface area contributed by atoms with Gasteiger partial charge in [0.15, 0.2) is 6.10 Å². The lowest BCUT2D eigenvalue weighted by Crippen LogP contribution is -2.20. The molecule has 1 aliphatic carbocycles. The summed E-state index contributed by atoms with van der Waals surface area (Å²) in [5, 5.41) is 17.3. The Hall–Kier alpha value is -0.570. The van der Waals surface area contributed by atoms with Gasteiger partial charge in [-0.2, -0.15) is 0 Å². The maximum absolute atomic E-state index is 10.2. The summed E-state index contributed by atoms with van der Waals surface area (Å²) in [5.74, 6) is -0.707. The van der Waals surface area contributed by atoms with Crippen molar-refractivity contribution < 1.29 is 15.0 Å². The van der Waals surface area contributed by atoms with E-state index in [0.29, 0.717) is 12.3 Å². The third kappa shape index (κ3) is 1.93. The van der Waals surface area contributed by atoms with Gasteiger partial charge in [-0.05, 0) is 24.2 Å². The summed E-state index contributed by atoms with van der Waals surface area (Å²) in [6.07, 6.45) is 0.279. The van der Waals surface area contributed by atoms with Gasteiger partial charge in [-0.1, -0.05) is 13.8 Å². The van der Waals surface area contributed by atoms with Gasteiger partial charge in [0.1, 0.15) is 0 Å². The van der Waals surface area contributed by atoms with E-state index in [0.717, 1.165) is 6.42 Å². The molecule has 1 saturated carbocycles. The van der Waals surface area contributed by atoms with E-state index < -0.39 is 12.1 Å². The van der Waals surface area contributed by atoms with E-state index in [2.05, 4.69) is 13.8 Å². The maximum atomic E-state index is 10.2. The molecule has 0 aliphatic heterocycles. The van der Waals surface area contributed by atoms with E-state index in [1.807, 2.05) is 0 Å². The van der Waals surface area contributed by atoms with Crippen LogP contribution in [-0.4, -0.2) is 22.3 Å². The van der Waals surface area contributed by atoms with Crippen LogP contribution in [0.25, 0.3) is 0 Å². The fourth-order valence-electron chi connectivity index (χ4n) is 1.35. The summed E-state index contributed by atoms with van der Waals surface area (Å²) < 4.78 is 0. The van der Waals surface area contributed by atoms with Crippen LogP contribution in [0.4, 0.5) is 0 Å².